The molecule has 0 saturated heterocycles. The van der Waals surface area contributed by atoms with Crippen LogP contribution in [0.1, 0.15) is 16.1 Å². The zero-order chi connectivity index (χ0) is 7.56. The van der Waals surface area contributed by atoms with E-state index in [9.17, 15) is 4.79 Å². The van der Waals surface area contributed by atoms with E-state index < -0.39 is 0 Å². The highest BCUT2D eigenvalue weighted by molar-refractivity contribution is 5.92. The Morgan fingerprint density at radius 2 is 2.50 bits per heavy atom. The van der Waals surface area contributed by atoms with Crippen LogP contribution in [-0.4, -0.2) is 10.9 Å². The van der Waals surface area contributed by atoms with Crippen LogP contribution in [0, 0.1) is 6.92 Å². The molecule has 0 fully saturated rings. The van der Waals surface area contributed by atoms with E-state index in [1.165, 1.54) is 0 Å². The molecule has 4 nitrogen and oxygen atoms in total. The number of H-pyrrole nitrogens is 1. The second-order valence-electron chi connectivity index (χ2n) is 2.06. The summed E-state index contributed by atoms with van der Waals surface area (Å²) in [4.78, 5) is 13.5. The maximum Gasteiger partial charge on any atom is 0.281 e. The molecule has 0 aromatic carbocycles. The van der Waals surface area contributed by atoms with Crippen molar-refractivity contribution in [1.82, 2.24) is 10.4 Å². The van der Waals surface area contributed by atoms with Crippen LogP contribution in [-0.2, 0) is 0 Å². The second kappa shape index (κ2) is 2.53. The molecule has 1 rings (SSSR count). The number of aryl methyl sites for hydroxylation is 1. The number of rotatable bonds is 1. The van der Waals surface area contributed by atoms with E-state index in [4.69, 9.17) is 5.84 Å². The zero-order valence-electron chi connectivity index (χ0n) is 5.64. The number of hydrogen-bond acceptors (Lipinski definition) is 2. The van der Waals surface area contributed by atoms with Crippen molar-refractivity contribution >= 4 is 5.91 Å². The van der Waals surface area contributed by atoms with Gasteiger partial charge in [-0.1, -0.05) is 0 Å². The van der Waals surface area contributed by atoms with Crippen LogP contribution in [0.4, 0.5) is 0 Å². The molecule has 10 heavy (non-hydrogen) atoms. The monoisotopic (exact) mass is 139 g/mol. The third-order valence-corrected chi connectivity index (χ3v) is 1.20. The van der Waals surface area contributed by atoms with E-state index >= 15 is 0 Å². The number of carbonyl (C=O) groups excluding carboxylic acids is 1. The average Bonchev–Trinajstić information content (AvgIpc) is 2.34. The fourth-order valence-electron chi connectivity index (χ4n) is 0.711. The smallest absolute Gasteiger partial charge is 0.281 e. The van der Waals surface area contributed by atoms with Gasteiger partial charge in [0.2, 0.25) is 0 Å². The summed E-state index contributed by atoms with van der Waals surface area (Å²) in [5, 5.41) is 0. The van der Waals surface area contributed by atoms with Crippen molar-refractivity contribution in [2.24, 2.45) is 5.84 Å². The van der Waals surface area contributed by atoms with Crippen LogP contribution in [0.3, 0.4) is 0 Å². The lowest BCUT2D eigenvalue weighted by molar-refractivity contribution is 0.0949. The molecule has 0 aliphatic heterocycles. The van der Waals surface area contributed by atoms with Crippen LogP contribution in [0.5, 0.6) is 0 Å². The van der Waals surface area contributed by atoms with Crippen molar-refractivity contribution in [3.63, 3.8) is 0 Å². The molecular weight excluding hydrogens is 130 g/mol. The fraction of sp³-hybridized carbons (Fsp3) is 0.167. The minimum atomic E-state index is -0.298. The van der Waals surface area contributed by atoms with Crippen LogP contribution >= 0.6 is 0 Å². The van der Waals surface area contributed by atoms with Gasteiger partial charge in [0.15, 0.2) is 0 Å². The molecule has 0 aliphatic carbocycles. The predicted octanol–water partition coefficient (Wildman–Crippen LogP) is -0.0734. The maximum atomic E-state index is 10.8. The summed E-state index contributed by atoms with van der Waals surface area (Å²) in [7, 11) is 0. The van der Waals surface area contributed by atoms with Crippen molar-refractivity contribution in [2.45, 2.75) is 6.92 Å². The molecule has 0 saturated carbocycles. The Hall–Kier alpha value is -1.29. The molecule has 0 radical (unpaired) electrons. The minimum absolute atomic E-state index is 0.298. The first-order valence-electron chi connectivity index (χ1n) is 2.90. The highest BCUT2D eigenvalue weighted by Crippen LogP contribution is 1.99. The molecule has 0 spiro atoms. The normalized spacial score (nSPS) is 9.40. The molecule has 0 bridgehead atoms. The van der Waals surface area contributed by atoms with E-state index in [0.29, 0.717) is 5.69 Å². The summed E-state index contributed by atoms with van der Waals surface area (Å²) < 4.78 is 0. The van der Waals surface area contributed by atoms with Gasteiger partial charge in [0.1, 0.15) is 5.69 Å². The standard InChI is InChI=1S/C6H9N3O/c1-4-2-5(8-3-4)6(10)9-7/h2-3,8H,7H2,1H3,(H,9,10). The molecule has 4 N–H and O–H groups in total. The molecule has 1 aromatic heterocycles. The summed E-state index contributed by atoms with van der Waals surface area (Å²) >= 11 is 0. The highest BCUT2D eigenvalue weighted by Gasteiger charge is 2.02. The summed E-state index contributed by atoms with van der Waals surface area (Å²) in [6, 6.07) is 1.72. The van der Waals surface area contributed by atoms with E-state index in [1.807, 2.05) is 12.3 Å². The molecule has 0 unspecified atom stereocenters. The predicted molar refractivity (Wildman–Crippen MR) is 37.2 cm³/mol. The summed E-state index contributed by atoms with van der Waals surface area (Å²) in [6.07, 6.45) is 1.74. The molecule has 54 valence electrons. The third-order valence-electron chi connectivity index (χ3n) is 1.20. The number of nitrogens with two attached hydrogens (primary N) is 1. The molecule has 4 heteroatoms. The van der Waals surface area contributed by atoms with Gasteiger partial charge in [-0.15, -0.1) is 0 Å². The number of carbonyl (C=O) groups is 1. The second-order valence-corrected chi connectivity index (χ2v) is 2.06. The molecule has 0 atom stereocenters. The summed E-state index contributed by atoms with van der Waals surface area (Å²) in [6.45, 7) is 1.89. The number of aromatic amines is 1. The van der Waals surface area contributed by atoms with Crippen molar-refractivity contribution in [1.29, 1.82) is 0 Å². The molecule has 0 aliphatic rings. The van der Waals surface area contributed by atoms with E-state index in [1.54, 1.807) is 12.3 Å². The number of nitrogen functional groups attached to an aromatic ring is 1. The lowest BCUT2D eigenvalue weighted by atomic mass is 10.3. The molecule has 1 aromatic rings. The number of nitrogens with one attached hydrogen (secondary N) is 2. The first-order valence-corrected chi connectivity index (χ1v) is 2.90. The molecule has 1 heterocycles. The lowest BCUT2D eigenvalue weighted by Gasteiger charge is -1.91. The van der Waals surface area contributed by atoms with Crippen LogP contribution in [0.15, 0.2) is 12.3 Å². The fourth-order valence-corrected chi connectivity index (χ4v) is 0.711. The topological polar surface area (TPSA) is 70.9 Å². The molecular formula is C6H9N3O. The third kappa shape index (κ3) is 1.16. The first-order chi connectivity index (χ1) is 4.74. The van der Waals surface area contributed by atoms with Gasteiger partial charge in [0.25, 0.3) is 5.91 Å². The highest BCUT2D eigenvalue weighted by atomic mass is 16.2. The zero-order valence-corrected chi connectivity index (χ0v) is 5.64. The summed E-state index contributed by atoms with van der Waals surface area (Å²) in [5.41, 5.74) is 3.52. The van der Waals surface area contributed by atoms with Crippen molar-refractivity contribution in [3.05, 3.63) is 23.5 Å². The quantitative estimate of drug-likeness (QED) is 0.289. The van der Waals surface area contributed by atoms with Gasteiger partial charge in [-0.2, -0.15) is 0 Å². The Kier molecular flexibility index (Phi) is 1.73. The Bertz CT molecular complexity index is 241. The molecule has 1 amide bonds. The van der Waals surface area contributed by atoms with Crippen molar-refractivity contribution in [2.75, 3.05) is 0 Å². The van der Waals surface area contributed by atoms with Gasteiger partial charge < -0.3 is 4.98 Å². The average molecular weight is 139 g/mol. The number of amides is 1. The summed E-state index contributed by atoms with van der Waals surface area (Å²) in [5.74, 6) is 4.60. The minimum Gasteiger partial charge on any atom is -0.357 e. The lowest BCUT2D eigenvalue weighted by Crippen LogP contribution is -2.30. The van der Waals surface area contributed by atoms with Crippen molar-refractivity contribution in [3.8, 4) is 0 Å². The Balaban J connectivity index is 2.85. The SMILES string of the molecule is Cc1c[nH]c(C(=O)NN)c1. The van der Waals surface area contributed by atoms with Crippen LogP contribution in [0.25, 0.3) is 0 Å². The van der Waals surface area contributed by atoms with Gasteiger partial charge >= 0.3 is 0 Å². The number of aromatic nitrogens is 1. The Morgan fingerprint density at radius 3 is 2.90 bits per heavy atom. The largest absolute Gasteiger partial charge is 0.357 e. The van der Waals surface area contributed by atoms with Crippen molar-refractivity contribution < 1.29 is 4.79 Å². The van der Waals surface area contributed by atoms with Crippen LogP contribution in [0.2, 0.25) is 0 Å². The first kappa shape index (κ1) is 6.82. The maximum absolute atomic E-state index is 10.8. The van der Waals surface area contributed by atoms with Gasteiger partial charge in [-0.3, -0.25) is 10.2 Å². The Morgan fingerprint density at radius 1 is 1.80 bits per heavy atom. The van der Waals surface area contributed by atoms with Crippen LogP contribution < -0.4 is 11.3 Å². The van der Waals surface area contributed by atoms with Gasteiger partial charge in [-0.25, -0.2) is 5.84 Å². The van der Waals surface area contributed by atoms with Gasteiger partial charge in [-0.05, 0) is 18.6 Å². The Labute approximate surface area is 58.4 Å². The van der Waals surface area contributed by atoms with E-state index in [2.05, 4.69) is 4.98 Å². The van der Waals surface area contributed by atoms with Gasteiger partial charge in [0.05, 0.1) is 0 Å². The van der Waals surface area contributed by atoms with E-state index in [-0.39, 0.29) is 5.91 Å². The van der Waals surface area contributed by atoms with Gasteiger partial charge in [0, 0.05) is 6.20 Å². The van der Waals surface area contributed by atoms with E-state index in [0.717, 1.165) is 5.56 Å². The number of hydrogen-bond donors (Lipinski definition) is 3. The number of hydrazine groups is 1.